The number of hydrogen-bond donors (Lipinski definition) is 2. The number of esters is 2. The van der Waals surface area contributed by atoms with Crippen molar-refractivity contribution in [2.45, 2.75) is 20.4 Å². The first-order valence-electron chi connectivity index (χ1n) is 8.72. The van der Waals surface area contributed by atoms with Gasteiger partial charge in [-0.15, -0.1) is 0 Å². The van der Waals surface area contributed by atoms with Gasteiger partial charge in [0, 0.05) is 6.54 Å². The summed E-state index contributed by atoms with van der Waals surface area (Å²) < 4.78 is 23.0. The van der Waals surface area contributed by atoms with E-state index in [1.165, 1.54) is 30.3 Å². The van der Waals surface area contributed by atoms with E-state index in [4.69, 9.17) is 21.7 Å². The molecule has 28 heavy (non-hydrogen) atoms. The number of anilines is 1. The number of carbonyl (C=O) groups is 2. The number of benzene rings is 2. The molecular formula is C20H21FN2O4S. The number of halogens is 1. The van der Waals surface area contributed by atoms with Crippen LogP contribution in [0.3, 0.4) is 0 Å². The average molecular weight is 404 g/mol. The molecule has 0 unspecified atom stereocenters. The van der Waals surface area contributed by atoms with Gasteiger partial charge >= 0.3 is 11.9 Å². The summed E-state index contributed by atoms with van der Waals surface area (Å²) in [6.45, 7) is 4.22. The third kappa shape index (κ3) is 6.02. The average Bonchev–Trinajstić information content (AvgIpc) is 2.68. The number of nitrogens with one attached hydrogen (secondary N) is 2. The van der Waals surface area contributed by atoms with Gasteiger partial charge in [0.15, 0.2) is 5.11 Å². The van der Waals surface area contributed by atoms with Crippen molar-refractivity contribution in [2.75, 3.05) is 18.5 Å². The molecule has 0 aliphatic rings. The fourth-order valence-electron chi connectivity index (χ4n) is 2.33. The van der Waals surface area contributed by atoms with Crippen LogP contribution < -0.4 is 10.6 Å². The van der Waals surface area contributed by atoms with Crippen LogP contribution >= 0.6 is 12.2 Å². The van der Waals surface area contributed by atoms with Crippen LogP contribution in [0.2, 0.25) is 0 Å². The topological polar surface area (TPSA) is 76.7 Å². The van der Waals surface area contributed by atoms with Crippen LogP contribution in [0.15, 0.2) is 42.5 Å². The quantitative estimate of drug-likeness (QED) is 0.539. The summed E-state index contributed by atoms with van der Waals surface area (Å²) in [5, 5.41) is 6.11. The second-order valence-electron chi connectivity index (χ2n) is 5.64. The molecule has 0 amide bonds. The van der Waals surface area contributed by atoms with E-state index in [1.54, 1.807) is 26.0 Å². The lowest BCUT2D eigenvalue weighted by molar-refractivity contribution is 0.0512. The highest BCUT2D eigenvalue weighted by atomic mass is 32.1. The molecule has 2 aromatic rings. The third-order valence-electron chi connectivity index (χ3n) is 3.64. The molecule has 6 nitrogen and oxygen atoms in total. The van der Waals surface area contributed by atoms with Gasteiger partial charge < -0.3 is 20.1 Å². The van der Waals surface area contributed by atoms with Crippen molar-refractivity contribution in [1.82, 2.24) is 5.32 Å². The maximum absolute atomic E-state index is 13.0. The molecule has 0 saturated heterocycles. The van der Waals surface area contributed by atoms with Crippen LogP contribution in [-0.2, 0) is 16.0 Å². The lowest BCUT2D eigenvalue weighted by Crippen LogP contribution is -2.29. The second kappa shape index (κ2) is 10.4. The molecule has 2 rings (SSSR count). The normalized spacial score (nSPS) is 10.1. The predicted molar refractivity (Wildman–Crippen MR) is 108 cm³/mol. The van der Waals surface area contributed by atoms with E-state index in [1.807, 2.05) is 0 Å². The van der Waals surface area contributed by atoms with Gasteiger partial charge in [0.05, 0.1) is 30.0 Å². The molecular weight excluding hydrogens is 383 g/mol. The van der Waals surface area contributed by atoms with Crippen LogP contribution in [0.5, 0.6) is 0 Å². The molecule has 2 N–H and O–H groups in total. The van der Waals surface area contributed by atoms with Crippen molar-refractivity contribution < 1.29 is 23.5 Å². The summed E-state index contributed by atoms with van der Waals surface area (Å²) >= 11 is 5.27. The Morgan fingerprint density at radius 2 is 1.64 bits per heavy atom. The molecule has 148 valence electrons. The highest BCUT2D eigenvalue weighted by molar-refractivity contribution is 7.80. The Morgan fingerprint density at radius 3 is 2.29 bits per heavy atom. The van der Waals surface area contributed by atoms with Crippen LogP contribution in [0.1, 0.15) is 40.1 Å². The van der Waals surface area contributed by atoms with E-state index >= 15 is 0 Å². The molecule has 0 spiro atoms. The van der Waals surface area contributed by atoms with Crippen LogP contribution in [0.25, 0.3) is 0 Å². The van der Waals surface area contributed by atoms with Crippen LogP contribution in [0.4, 0.5) is 10.1 Å². The highest BCUT2D eigenvalue weighted by Crippen LogP contribution is 2.20. The van der Waals surface area contributed by atoms with E-state index < -0.39 is 11.9 Å². The minimum absolute atomic E-state index is 0.213. The monoisotopic (exact) mass is 404 g/mol. The molecule has 0 aliphatic carbocycles. The Kier molecular flexibility index (Phi) is 7.88. The minimum Gasteiger partial charge on any atom is -0.462 e. The molecule has 0 atom stereocenters. The summed E-state index contributed by atoms with van der Waals surface area (Å²) in [7, 11) is 0. The van der Waals surface area contributed by atoms with Crippen LogP contribution in [-0.4, -0.2) is 30.3 Å². The Morgan fingerprint density at radius 1 is 1.00 bits per heavy atom. The Balaban J connectivity index is 2.15. The Bertz CT molecular complexity index is 856. The van der Waals surface area contributed by atoms with Crippen molar-refractivity contribution in [3.05, 3.63) is 65.0 Å². The maximum Gasteiger partial charge on any atom is 0.340 e. The third-order valence-corrected chi connectivity index (χ3v) is 3.89. The van der Waals surface area contributed by atoms with Gasteiger partial charge in [-0.1, -0.05) is 12.1 Å². The van der Waals surface area contributed by atoms with Crippen molar-refractivity contribution in [2.24, 2.45) is 0 Å². The molecule has 0 fully saturated rings. The first-order chi connectivity index (χ1) is 13.4. The zero-order valence-electron chi connectivity index (χ0n) is 15.6. The van der Waals surface area contributed by atoms with E-state index in [9.17, 15) is 14.0 Å². The fourth-order valence-corrected chi connectivity index (χ4v) is 2.51. The summed E-state index contributed by atoms with van der Waals surface area (Å²) in [6, 6.07) is 10.4. The number of ether oxygens (including phenoxy) is 2. The molecule has 8 heteroatoms. The van der Waals surface area contributed by atoms with Gasteiger partial charge in [0.25, 0.3) is 0 Å². The summed E-state index contributed by atoms with van der Waals surface area (Å²) in [5.74, 6) is -1.37. The maximum atomic E-state index is 13.0. The SMILES string of the molecule is CCOC(=O)c1ccc(C(=O)OCC)c(NC(=S)NCc2ccc(F)cc2)c1. The largest absolute Gasteiger partial charge is 0.462 e. The Hall–Kier alpha value is -3.00. The van der Waals surface area contributed by atoms with Gasteiger partial charge in [-0.3, -0.25) is 0 Å². The van der Waals surface area contributed by atoms with E-state index in [-0.39, 0.29) is 35.3 Å². The number of rotatable bonds is 7. The molecule has 0 radical (unpaired) electrons. The second-order valence-corrected chi connectivity index (χ2v) is 6.04. The molecule has 0 bridgehead atoms. The smallest absolute Gasteiger partial charge is 0.340 e. The van der Waals surface area contributed by atoms with Crippen LogP contribution in [0, 0.1) is 5.82 Å². The van der Waals surface area contributed by atoms with Crippen molar-refractivity contribution >= 4 is 35.0 Å². The predicted octanol–water partition coefficient (Wildman–Crippen LogP) is 3.67. The lowest BCUT2D eigenvalue weighted by atomic mass is 10.1. The first kappa shape index (κ1) is 21.3. The van der Waals surface area contributed by atoms with Gasteiger partial charge in [0.1, 0.15) is 5.82 Å². The molecule has 0 saturated carbocycles. The summed E-state index contributed by atoms with van der Waals surface area (Å²) in [5.41, 5.74) is 1.66. The standard InChI is InChI=1S/C20H21FN2O4S/c1-3-26-18(24)14-7-10-16(19(25)27-4-2)17(11-14)23-20(28)22-12-13-5-8-15(21)9-6-13/h5-11H,3-4,12H2,1-2H3,(H2,22,23,28). The zero-order valence-corrected chi connectivity index (χ0v) is 16.4. The molecule has 2 aromatic carbocycles. The number of thiocarbonyl (C=S) groups is 1. The highest BCUT2D eigenvalue weighted by Gasteiger charge is 2.17. The molecule has 0 aromatic heterocycles. The number of carbonyl (C=O) groups excluding carboxylic acids is 2. The van der Waals surface area contributed by atoms with Gasteiger partial charge in [-0.2, -0.15) is 0 Å². The van der Waals surface area contributed by atoms with Crippen molar-refractivity contribution in [3.63, 3.8) is 0 Å². The molecule has 0 aliphatic heterocycles. The Labute approximate surface area is 168 Å². The van der Waals surface area contributed by atoms with Gasteiger partial charge in [0.2, 0.25) is 0 Å². The van der Waals surface area contributed by atoms with Crippen molar-refractivity contribution in [3.8, 4) is 0 Å². The molecule has 0 heterocycles. The fraction of sp³-hybridized carbons (Fsp3) is 0.250. The number of hydrogen-bond acceptors (Lipinski definition) is 5. The van der Waals surface area contributed by atoms with E-state index in [0.717, 1.165) is 5.56 Å². The minimum atomic E-state index is -0.540. The zero-order chi connectivity index (χ0) is 20.5. The summed E-state index contributed by atoms with van der Waals surface area (Å²) in [6.07, 6.45) is 0. The van der Waals surface area contributed by atoms with E-state index in [0.29, 0.717) is 12.2 Å². The van der Waals surface area contributed by atoms with Gasteiger partial charge in [-0.05, 0) is 62.0 Å². The van der Waals surface area contributed by atoms with E-state index in [2.05, 4.69) is 10.6 Å². The van der Waals surface area contributed by atoms with Crippen molar-refractivity contribution in [1.29, 1.82) is 0 Å². The lowest BCUT2D eigenvalue weighted by Gasteiger charge is -2.15. The first-order valence-corrected chi connectivity index (χ1v) is 9.13. The van der Waals surface area contributed by atoms with Gasteiger partial charge in [-0.25, -0.2) is 14.0 Å². The summed E-state index contributed by atoms with van der Waals surface area (Å²) in [4.78, 5) is 24.2.